The van der Waals surface area contributed by atoms with E-state index < -0.39 is 0 Å². The highest BCUT2D eigenvalue weighted by Crippen LogP contribution is 2.30. The Labute approximate surface area is 245 Å². The third-order valence-corrected chi connectivity index (χ3v) is 6.78. The lowest BCUT2D eigenvalue weighted by molar-refractivity contribution is -0.104. The average Bonchev–Trinajstić information content (AvgIpc) is 3.50. The Balaban J connectivity index is 0.000000450. The summed E-state index contributed by atoms with van der Waals surface area (Å²) in [4.78, 5) is 13.7. The van der Waals surface area contributed by atoms with Gasteiger partial charge in [0.05, 0.1) is 6.20 Å². The van der Waals surface area contributed by atoms with Crippen LogP contribution in [0, 0.1) is 19.7 Å². The van der Waals surface area contributed by atoms with Crippen LogP contribution in [0.3, 0.4) is 0 Å². The van der Waals surface area contributed by atoms with Gasteiger partial charge in [0, 0.05) is 24.3 Å². The molecule has 3 aromatic rings. The molecule has 2 aromatic carbocycles. The molecule has 1 saturated heterocycles. The van der Waals surface area contributed by atoms with Gasteiger partial charge in [-0.15, -0.1) is 5.10 Å². The average molecular weight is 564 g/mol. The Hall–Kier alpha value is -3.62. The summed E-state index contributed by atoms with van der Waals surface area (Å²) in [5.74, 6) is 1.02. The second-order valence-corrected chi connectivity index (χ2v) is 9.85. The van der Waals surface area contributed by atoms with E-state index in [9.17, 15) is 9.18 Å². The van der Waals surface area contributed by atoms with E-state index >= 15 is 0 Å². The molecule has 41 heavy (non-hydrogen) atoms. The number of likely N-dealkylation sites (N-methyl/N-ethyl adjacent to an activating group) is 1. The molecule has 4 rings (SSSR count). The number of anilines is 2. The van der Waals surface area contributed by atoms with E-state index in [1.165, 1.54) is 44.6 Å². The fraction of sp³-hybridized carbons (Fsp3) is 0.424. The van der Waals surface area contributed by atoms with Crippen LogP contribution >= 0.6 is 0 Å². The van der Waals surface area contributed by atoms with E-state index in [-0.39, 0.29) is 12.4 Å². The molecular weight excluding hydrogens is 517 g/mol. The molecule has 1 aliphatic heterocycles. The molecule has 0 bridgehead atoms. The van der Waals surface area contributed by atoms with E-state index in [1.807, 2.05) is 65.9 Å². The number of nitrogens with one attached hydrogen (secondary N) is 2. The molecule has 2 heterocycles. The number of benzene rings is 2. The zero-order chi connectivity index (χ0) is 30.2. The molecule has 1 aliphatic rings. The number of nitrogens with zero attached hydrogens (tertiary/aromatic N) is 3. The lowest BCUT2D eigenvalue weighted by atomic mass is 10.00. The van der Waals surface area contributed by atoms with Gasteiger partial charge in [0.2, 0.25) is 0 Å². The van der Waals surface area contributed by atoms with Crippen molar-refractivity contribution in [1.82, 2.24) is 20.4 Å². The van der Waals surface area contributed by atoms with Crippen LogP contribution in [-0.4, -0.2) is 54.6 Å². The normalized spacial score (nSPS) is 13.3. The van der Waals surface area contributed by atoms with Gasteiger partial charge in [-0.25, -0.2) is 4.39 Å². The van der Waals surface area contributed by atoms with Crippen molar-refractivity contribution in [2.75, 3.05) is 38.5 Å². The number of carbonyl (C=O) groups is 1. The fourth-order valence-corrected chi connectivity index (χ4v) is 4.41. The first-order chi connectivity index (χ1) is 19.8. The largest absolute Gasteiger partial charge is 0.489 e. The molecule has 2 N–H and O–H groups in total. The molecule has 0 unspecified atom stereocenters. The van der Waals surface area contributed by atoms with Crippen molar-refractivity contribution in [2.24, 2.45) is 0 Å². The third kappa shape index (κ3) is 10.7. The predicted octanol–water partition coefficient (Wildman–Crippen LogP) is 6.88. The van der Waals surface area contributed by atoms with E-state index in [1.54, 1.807) is 19.2 Å². The molecule has 1 fully saturated rings. The minimum atomic E-state index is -0.281. The Bertz CT molecular complexity index is 1270. The maximum absolute atomic E-state index is 13.3. The summed E-state index contributed by atoms with van der Waals surface area (Å²) in [6.45, 7) is 16.9. The summed E-state index contributed by atoms with van der Waals surface area (Å²) in [5, 5.41) is 14.7. The molecule has 1 aromatic heterocycles. The van der Waals surface area contributed by atoms with E-state index in [0.29, 0.717) is 17.1 Å². The minimum Gasteiger partial charge on any atom is -0.489 e. The van der Waals surface area contributed by atoms with Crippen LogP contribution in [0.1, 0.15) is 62.8 Å². The Morgan fingerprint density at radius 1 is 1.07 bits per heavy atom. The van der Waals surface area contributed by atoms with Crippen LogP contribution in [0.4, 0.5) is 15.9 Å². The summed E-state index contributed by atoms with van der Waals surface area (Å²) in [7, 11) is 2.01. The molecule has 0 spiro atoms. The van der Waals surface area contributed by atoms with E-state index in [4.69, 9.17) is 4.74 Å². The van der Waals surface area contributed by atoms with Gasteiger partial charge in [-0.2, -0.15) is 5.10 Å². The second-order valence-electron chi connectivity index (χ2n) is 9.85. The molecular formula is C33H46FN5O2. The molecule has 8 heteroatoms. The second kappa shape index (κ2) is 17.9. The zero-order valence-corrected chi connectivity index (χ0v) is 25.7. The minimum absolute atomic E-state index is 0.281. The number of allylic oxidation sites excluding steroid dienone is 2. The summed E-state index contributed by atoms with van der Waals surface area (Å²) < 4.78 is 19.2. The van der Waals surface area contributed by atoms with E-state index in [0.717, 1.165) is 46.3 Å². The predicted molar refractivity (Wildman–Crippen MR) is 167 cm³/mol. The van der Waals surface area contributed by atoms with Crippen molar-refractivity contribution >= 4 is 23.4 Å². The molecule has 0 amide bonds. The van der Waals surface area contributed by atoms with Gasteiger partial charge in [0.25, 0.3) is 0 Å². The Kier molecular flexibility index (Phi) is 14.7. The smallest absolute Gasteiger partial charge is 0.160 e. The molecule has 0 radical (unpaired) electrons. The topological polar surface area (TPSA) is 79.4 Å². The summed E-state index contributed by atoms with van der Waals surface area (Å²) in [6, 6.07) is 12.0. The van der Waals surface area contributed by atoms with Crippen molar-refractivity contribution in [3.05, 3.63) is 82.3 Å². The standard InChI is InChI=1S/C24H24FN3O2.C7H16N2.C2H6/c1-15-10-21(8-9-22(15)30-14-19-6-5-7-20(25)11-19)27-24-23(16(2)12-26-28-24)18(4)17(3)13-29;1-8-4-7-9-5-2-3-6-9;1-2/h5-13H,14H2,1-4H3,(H,27,28);8H,2-7H2,1H3;1-2H3/b18-17+;;. The molecule has 7 nitrogen and oxygen atoms in total. The fourth-order valence-electron chi connectivity index (χ4n) is 4.41. The Morgan fingerprint density at radius 3 is 2.44 bits per heavy atom. The summed E-state index contributed by atoms with van der Waals surface area (Å²) in [6.07, 6.45) is 5.33. The van der Waals surface area contributed by atoms with Crippen molar-refractivity contribution < 1.29 is 13.9 Å². The van der Waals surface area contributed by atoms with Crippen LogP contribution < -0.4 is 15.4 Å². The van der Waals surface area contributed by atoms with Crippen LogP contribution in [-0.2, 0) is 11.4 Å². The van der Waals surface area contributed by atoms with Gasteiger partial charge in [-0.3, -0.25) is 4.79 Å². The molecule has 222 valence electrons. The van der Waals surface area contributed by atoms with Crippen molar-refractivity contribution in [2.45, 2.75) is 61.0 Å². The van der Waals surface area contributed by atoms with Crippen molar-refractivity contribution in [3.63, 3.8) is 0 Å². The molecule has 0 atom stereocenters. The summed E-state index contributed by atoms with van der Waals surface area (Å²) >= 11 is 0. The lowest BCUT2D eigenvalue weighted by Crippen LogP contribution is -2.27. The number of hydrogen-bond acceptors (Lipinski definition) is 7. The number of aldehydes is 1. The van der Waals surface area contributed by atoms with Crippen molar-refractivity contribution in [1.29, 1.82) is 0 Å². The summed E-state index contributed by atoms with van der Waals surface area (Å²) in [5.41, 5.74) is 5.80. The Morgan fingerprint density at radius 2 is 1.80 bits per heavy atom. The van der Waals surface area contributed by atoms with Gasteiger partial charge >= 0.3 is 0 Å². The third-order valence-electron chi connectivity index (χ3n) is 6.78. The van der Waals surface area contributed by atoms with Crippen molar-refractivity contribution in [3.8, 4) is 5.75 Å². The number of likely N-dealkylation sites (tertiary alicyclic amines) is 1. The van der Waals surface area contributed by atoms with E-state index in [2.05, 4.69) is 25.7 Å². The number of halogens is 1. The number of aryl methyl sites for hydroxylation is 2. The van der Waals surface area contributed by atoms with Gasteiger partial charge in [0.1, 0.15) is 24.5 Å². The first-order valence-corrected chi connectivity index (χ1v) is 14.4. The number of aromatic nitrogens is 2. The number of ether oxygens (including phenoxy) is 1. The number of hydrogen-bond donors (Lipinski definition) is 2. The SMILES string of the molecule is C/C(C=O)=C(/C)c1c(C)cnnc1Nc1ccc(OCc2cccc(F)c2)c(C)c1.CC.CNCCN1CCCC1. The highest BCUT2D eigenvalue weighted by atomic mass is 19.1. The quantitative estimate of drug-likeness (QED) is 0.206. The maximum Gasteiger partial charge on any atom is 0.160 e. The van der Waals surface area contributed by atoms with Gasteiger partial charge < -0.3 is 20.3 Å². The molecule has 0 aliphatic carbocycles. The lowest BCUT2D eigenvalue weighted by Gasteiger charge is -2.15. The maximum atomic E-state index is 13.3. The van der Waals surface area contributed by atoms with Gasteiger partial charge in [-0.05, 0) is 119 Å². The highest BCUT2D eigenvalue weighted by Gasteiger charge is 2.13. The highest BCUT2D eigenvalue weighted by molar-refractivity contribution is 5.90. The number of rotatable bonds is 10. The van der Waals surface area contributed by atoms with Gasteiger partial charge in [0.15, 0.2) is 5.82 Å². The first kappa shape index (κ1) is 33.6. The monoisotopic (exact) mass is 563 g/mol. The van der Waals surface area contributed by atoms with Crippen LogP contribution in [0.15, 0.2) is 54.2 Å². The van der Waals surface area contributed by atoms with Crippen LogP contribution in [0.5, 0.6) is 5.75 Å². The van der Waals surface area contributed by atoms with Gasteiger partial charge in [-0.1, -0.05) is 26.0 Å². The first-order valence-electron chi connectivity index (χ1n) is 14.4. The zero-order valence-electron chi connectivity index (χ0n) is 25.7. The number of carbonyl (C=O) groups excluding carboxylic acids is 1. The van der Waals surface area contributed by atoms with Crippen LogP contribution in [0.2, 0.25) is 0 Å². The molecule has 0 saturated carbocycles. The van der Waals surface area contributed by atoms with Crippen LogP contribution in [0.25, 0.3) is 5.57 Å².